The van der Waals surface area contributed by atoms with Crippen molar-refractivity contribution in [1.82, 2.24) is 5.43 Å². The van der Waals surface area contributed by atoms with Crippen molar-refractivity contribution in [1.29, 1.82) is 0 Å². The Morgan fingerprint density at radius 1 is 1.62 bits per heavy atom. The zero-order valence-electron chi connectivity index (χ0n) is 4.21. The Balaban J connectivity index is 3.19. The number of hydrogen-bond donors (Lipinski definition) is 1. The number of hydrogen-bond acceptors (Lipinski definition) is 2. The second-order valence-electron chi connectivity index (χ2n) is 0.824. The first kappa shape index (κ1) is 7.17. The molecule has 0 aliphatic rings. The van der Waals surface area contributed by atoms with Gasteiger partial charge in [0.1, 0.15) is 6.34 Å². The Labute approximate surface area is 52.8 Å². The third-order valence-electron chi connectivity index (χ3n) is 0.347. The first-order valence-electron chi connectivity index (χ1n) is 1.91. The van der Waals surface area contributed by atoms with Crippen molar-refractivity contribution < 1.29 is 0 Å². The average molecular weight is 132 g/mol. The SMILES string of the molecule is C=CN/N=C\N=C\Cl. The van der Waals surface area contributed by atoms with Crippen LogP contribution in [0, 0.1) is 0 Å². The Morgan fingerprint density at radius 3 is 2.88 bits per heavy atom. The van der Waals surface area contributed by atoms with Gasteiger partial charge in [-0.15, -0.1) is 0 Å². The summed E-state index contributed by atoms with van der Waals surface area (Å²) in [7, 11) is 0. The van der Waals surface area contributed by atoms with Crippen LogP contribution in [-0.4, -0.2) is 12.0 Å². The lowest BCUT2D eigenvalue weighted by Gasteiger charge is -1.80. The molecular formula is C4H6ClN3. The highest BCUT2D eigenvalue weighted by molar-refractivity contribution is 6.56. The fourth-order valence-electron chi connectivity index (χ4n) is 0.145. The van der Waals surface area contributed by atoms with E-state index in [1.165, 1.54) is 12.5 Å². The van der Waals surface area contributed by atoms with Crippen LogP contribution in [0.15, 0.2) is 22.9 Å². The van der Waals surface area contributed by atoms with Crippen LogP contribution in [0.1, 0.15) is 0 Å². The number of hydrazone groups is 1. The Kier molecular flexibility index (Phi) is 5.53. The summed E-state index contributed by atoms with van der Waals surface area (Å²) in [5.41, 5.74) is 3.56. The molecule has 0 radical (unpaired) electrons. The molecule has 0 bridgehead atoms. The zero-order chi connectivity index (χ0) is 6.24. The van der Waals surface area contributed by atoms with Crippen LogP contribution in [0.25, 0.3) is 0 Å². The van der Waals surface area contributed by atoms with E-state index < -0.39 is 0 Å². The van der Waals surface area contributed by atoms with Gasteiger partial charge in [-0.05, 0) is 0 Å². The van der Waals surface area contributed by atoms with E-state index in [-0.39, 0.29) is 0 Å². The maximum absolute atomic E-state index is 5.04. The first-order chi connectivity index (χ1) is 3.91. The van der Waals surface area contributed by atoms with Crippen LogP contribution >= 0.6 is 11.6 Å². The summed E-state index contributed by atoms with van der Waals surface area (Å²) in [5.74, 6) is 0. The summed E-state index contributed by atoms with van der Waals surface area (Å²) >= 11 is 5.04. The van der Waals surface area contributed by atoms with Crippen molar-refractivity contribution >= 4 is 23.6 Å². The minimum atomic E-state index is 1.12. The lowest BCUT2D eigenvalue weighted by Crippen LogP contribution is -1.89. The molecule has 8 heavy (non-hydrogen) atoms. The van der Waals surface area contributed by atoms with E-state index in [0.29, 0.717) is 0 Å². The van der Waals surface area contributed by atoms with Gasteiger partial charge in [0, 0.05) is 6.20 Å². The van der Waals surface area contributed by atoms with Gasteiger partial charge >= 0.3 is 0 Å². The van der Waals surface area contributed by atoms with Crippen LogP contribution in [0.4, 0.5) is 0 Å². The molecule has 0 atom stereocenters. The number of nitrogens with one attached hydrogen (secondary N) is 1. The van der Waals surface area contributed by atoms with Gasteiger partial charge in [0.15, 0.2) is 0 Å². The van der Waals surface area contributed by atoms with Crippen molar-refractivity contribution in [3.8, 4) is 0 Å². The second-order valence-corrected chi connectivity index (χ2v) is 1.02. The molecule has 0 aromatic carbocycles. The standard InChI is InChI=1S/C4H6ClN3/c1-2-7-8-4-6-3-5/h2-4,7H,1H2/b6-3+,8-4-. The van der Waals surface area contributed by atoms with Crippen LogP contribution < -0.4 is 5.43 Å². The Bertz CT molecular complexity index is 108. The maximum atomic E-state index is 5.04. The van der Waals surface area contributed by atoms with Crippen LogP contribution in [0.3, 0.4) is 0 Å². The van der Waals surface area contributed by atoms with Gasteiger partial charge in [-0.3, -0.25) is 5.43 Å². The van der Waals surface area contributed by atoms with E-state index in [2.05, 4.69) is 22.1 Å². The van der Waals surface area contributed by atoms with E-state index in [0.717, 1.165) is 5.67 Å². The molecule has 44 valence electrons. The fourth-order valence-corrected chi connectivity index (χ4v) is 0.195. The van der Waals surface area contributed by atoms with Crippen molar-refractivity contribution in [3.63, 3.8) is 0 Å². The van der Waals surface area contributed by atoms with E-state index in [1.807, 2.05) is 0 Å². The van der Waals surface area contributed by atoms with Gasteiger partial charge < -0.3 is 0 Å². The molecule has 3 nitrogen and oxygen atoms in total. The Morgan fingerprint density at radius 2 is 2.38 bits per heavy atom. The van der Waals surface area contributed by atoms with Gasteiger partial charge in [-0.25, -0.2) is 4.99 Å². The molecule has 0 saturated heterocycles. The van der Waals surface area contributed by atoms with Crippen molar-refractivity contribution in [3.05, 3.63) is 12.8 Å². The number of aliphatic imine (C=N–C) groups is 1. The summed E-state index contributed by atoms with van der Waals surface area (Å²) in [5, 5.41) is 3.50. The molecule has 0 saturated carbocycles. The van der Waals surface area contributed by atoms with E-state index in [1.54, 1.807) is 0 Å². The minimum absolute atomic E-state index is 1.12. The number of rotatable bonds is 3. The van der Waals surface area contributed by atoms with Crippen molar-refractivity contribution in [2.45, 2.75) is 0 Å². The molecule has 0 amide bonds. The predicted molar refractivity (Wildman–Crippen MR) is 36.2 cm³/mol. The molecular weight excluding hydrogens is 126 g/mol. The zero-order valence-corrected chi connectivity index (χ0v) is 4.97. The molecule has 0 heterocycles. The van der Waals surface area contributed by atoms with Gasteiger partial charge in [0.05, 0.1) is 5.67 Å². The highest BCUT2D eigenvalue weighted by atomic mass is 35.5. The lowest BCUT2D eigenvalue weighted by atomic mass is 11.1. The summed E-state index contributed by atoms with van der Waals surface area (Å²) in [6.07, 6.45) is 2.70. The first-order valence-corrected chi connectivity index (χ1v) is 2.35. The van der Waals surface area contributed by atoms with E-state index in [9.17, 15) is 0 Å². The predicted octanol–water partition coefficient (Wildman–Crippen LogP) is 0.930. The molecule has 0 aromatic rings. The van der Waals surface area contributed by atoms with Crippen LogP contribution in [0.5, 0.6) is 0 Å². The van der Waals surface area contributed by atoms with Gasteiger partial charge in [0.2, 0.25) is 0 Å². The number of halogens is 1. The lowest BCUT2D eigenvalue weighted by molar-refractivity contribution is 0.977. The fraction of sp³-hybridized carbons (Fsp3) is 0. The normalized spacial score (nSPS) is 10.6. The summed E-state index contributed by atoms with van der Waals surface area (Å²) in [4.78, 5) is 3.45. The second kappa shape index (κ2) is 6.17. The summed E-state index contributed by atoms with van der Waals surface area (Å²) in [6.45, 7) is 3.35. The molecule has 1 N–H and O–H groups in total. The topological polar surface area (TPSA) is 36.8 Å². The molecule has 0 rings (SSSR count). The third-order valence-corrected chi connectivity index (χ3v) is 0.459. The van der Waals surface area contributed by atoms with Gasteiger partial charge in [-0.1, -0.05) is 18.2 Å². The van der Waals surface area contributed by atoms with Crippen LogP contribution in [0.2, 0.25) is 0 Å². The quantitative estimate of drug-likeness (QED) is 0.345. The molecule has 0 aromatic heterocycles. The number of nitrogens with zero attached hydrogens (tertiary/aromatic N) is 2. The van der Waals surface area contributed by atoms with E-state index >= 15 is 0 Å². The smallest absolute Gasteiger partial charge is 0.136 e. The van der Waals surface area contributed by atoms with E-state index in [4.69, 9.17) is 11.6 Å². The molecule has 0 aliphatic heterocycles. The van der Waals surface area contributed by atoms with Gasteiger partial charge in [0.25, 0.3) is 0 Å². The third kappa shape index (κ3) is 5.17. The van der Waals surface area contributed by atoms with Crippen LogP contribution in [-0.2, 0) is 0 Å². The van der Waals surface area contributed by atoms with Crippen molar-refractivity contribution in [2.24, 2.45) is 10.1 Å². The molecule has 0 spiro atoms. The Hall–Kier alpha value is -0.830. The minimum Gasteiger partial charge on any atom is -0.285 e. The molecule has 0 fully saturated rings. The van der Waals surface area contributed by atoms with Crippen molar-refractivity contribution in [2.75, 3.05) is 0 Å². The highest BCUT2D eigenvalue weighted by Crippen LogP contribution is 1.62. The summed E-state index contributed by atoms with van der Waals surface area (Å²) < 4.78 is 0. The summed E-state index contributed by atoms with van der Waals surface area (Å²) in [6, 6.07) is 0. The molecule has 0 unspecified atom stereocenters. The largest absolute Gasteiger partial charge is 0.285 e. The highest BCUT2D eigenvalue weighted by Gasteiger charge is 1.58. The molecule has 0 aliphatic carbocycles. The van der Waals surface area contributed by atoms with Gasteiger partial charge in [-0.2, -0.15) is 5.10 Å². The average Bonchev–Trinajstić information content (AvgIpc) is 1.81. The molecule has 4 heteroatoms. The monoisotopic (exact) mass is 131 g/mol. The maximum Gasteiger partial charge on any atom is 0.136 e.